The molecule has 0 heterocycles. The molecule has 1 atom stereocenters. The minimum absolute atomic E-state index is 0.107. The summed E-state index contributed by atoms with van der Waals surface area (Å²) in [7, 11) is 0. The third-order valence-corrected chi connectivity index (χ3v) is 3.04. The van der Waals surface area contributed by atoms with Gasteiger partial charge in [0.05, 0.1) is 0 Å². The predicted octanol–water partition coefficient (Wildman–Crippen LogP) is 0.406. The first-order valence-corrected chi connectivity index (χ1v) is 7.06. The summed E-state index contributed by atoms with van der Waals surface area (Å²) in [5.41, 5.74) is 5.73. The fourth-order valence-corrected chi connectivity index (χ4v) is 1.79. The highest BCUT2D eigenvalue weighted by Crippen LogP contribution is 2.02. The van der Waals surface area contributed by atoms with Crippen molar-refractivity contribution in [1.29, 1.82) is 0 Å². The zero-order chi connectivity index (χ0) is 15.7. The molecule has 0 radical (unpaired) electrons. The van der Waals surface area contributed by atoms with Crippen molar-refractivity contribution in [2.75, 3.05) is 12.4 Å². The molecule has 0 bridgehead atoms. The lowest BCUT2D eigenvalue weighted by atomic mass is 10.1. The number of primary amides is 1. The minimum atomic E-state index is -0.773. The second-order valence-corrected chi connectivity index (χ2v) is 4.69. The van der Waals surface area contributed by atoms with Gasteiger partial charge in [0, 0.05) is 12.1 Å². The van der Waals surface area contributed by atoms with Crippen LogP contribution >= 0.6 is 11.6 Å². The van der Waals surface area contributed by atoms with Crippen molar-refractivity contribution in [3.05, 3.63) is 35.9 Å². The van der Waals surface area contributed by atoms with Gasteiger partial charge in [-0.05, 0) is 25.0 Å². The molecule has 0 aliphatic heterocycles. The van der Waals surface area contributed by atoms with Crippen LogP contribution in [0, 0.1) is 0 Å². The van der Waals surface area contributed by atoms with Gasteiger partial charge >= 0.3 is 0 Å². The third-order valence-electron chi connectivity index (χ3n) is 2.80. The van der Waals surface area contributed by atoms with Gasteiger partial charge < -0.3 is 16.4 Å². The first kappa shape index (κ1) is 17.0. The summed E-state index contributed by atoms with van der Waals surface area (Å²) < 4.78 is 0. The van der Waals surface area contributed by atoms with E-state index in [9.17, 15) is 14.4 Å². The monoisotopic (exact) mass is 311 g/mol. The molecule has 1 aromatic carbocycles. The van der Waals surface area contributed by atoms with E-state index in [-0.39, 0.29) is 17.7 Å². The number of halogens is 1. The Bertz CT molecular complexity index is 493. The number of carbonyl (C=O) groups excluding carboxylic acids is 3. The van der Waals surface area contributed by atoms with Crippen molar-refractivity contribution in [2.24, 2.45) is 5.73 Å². The first-order valence-electron chi connectivity index (χ1n) is 6.52. The van der Waals surface area contributed by atoms with E-state index in [2.05, 4.69) is 10.6 Å². The molecule has 0 aromatic heterocycles. The van der Waals surface area contributed by atoms with Crippen LogP contribution in [-0.4, -0.2) is 36.2 Å². The van der Waals surface area contributed by atoms with Gasteiger partial charge in [-0.2, -0.15) is 0 Å². The van der Waals surface area contributed by atoms with Gasteiger partial charge in [-0.1, -0.05) is 18.2 Å². The van der Waals surface area contributed by atoms with E-state index >= 15 is 0 Å². The van der Waals surface area contributed by atoms with E-state index in [0.29, 0.717) is 24.9 Å². The molecule has 0 saturated carbocycles. The molecule has 0 spiro atoms. The van der Waals surface area contributed by atoms with Crippen LogP contribution < -0.4 is 16.4 Å². The number of alkyl halides is 1. The highest BCUT2D eigenvalue weighted by Gasteiger charge is 2.18. The molecular formula is C14H18ClN3O3. The zero-order valence-electron chi connectivity index (χ0n) is 11.5. The smallest absolute Gasteiger partial charge is 0.251 e. The maximum atomic E-state index is 11.9. The SMILES string of the molecule is NC(=O)[C@H](CCCNC(=O)CCl)NC(=O)c1ccccc1. The Hall–Kier alpha value is -2.08. The Morgan fingerprint density at radius 3 is 2.43 bits per heavy atom. The summed E-state index contributed by atoms with van der Waals surface area (Å²) in [6.45, 7) is 0.372. The van der Waals surface area contributed by atoms with Gasteiger partial charge in [-0.15, -0.1) is 11.6 Å². The number of nitrogens with one attached hydrogen (secondary N) is 2. The van der Waals surface area contributed by atoms with Crippen LogP contribution in [0.1, 0.15) is 23.2 Å². The predicted molar refractivity (Wildman–Crippen MR) is 79.9 cm³/mol. The highest BCUT2D eigenvalue weighted by molar-refractivity contribution is 6.27. The largest absolute Gasteiger partial charge is 0.368 e. The summed E-state index contributed by atoms with van der Waals surface area (Å²) in [5.74, 6) is -1.35. The Kier molecular flexibility index (Phi) is 7.25. The Balaban J connectivity index is 2.45. The van der Waals surface area contributed by atoms with Crippen molar-refractivity contribution in [2.45, 2.75) is 18.9 Å². The molecular weight excluding hydrogens is 294 g/mol. The molecule has 7 heteroatoms. The average Bonchev–Trinajstić information content (AvgIpc) is 2.50. The Labute approximate surface area is 128 Å². The minimum Gasteiger partial charge on any atom is -0.368 e. The van der Waals surface area contributed by atoms with Crippen LogP contribution in [0.3, 0.4) is 0 Å². The molecule has 6 nitrogen and oxygen atoms in total. The number of hydrogen-bond donors (Lipinski definition) is 3. The van der Waals surface area contributed by atoms with Gasteiger partial charge in [0.25, 0.3) is 5.91 Å². The van der Waals surface area contributed by atoms with Gasteiger partial charge in [-0.3, -0.25) is 14.4 Å². The van der Waals surface area contributed by atoms with Crippen LogP contribution in [-0.2, 0) is 9.59 Å². The van der Waals surface area contributed by atoms with Crippen molar-refractivity contribution >= 4 is 29.3 Å². The molecule has 0 unspecified atom stereocenters. The molecule has 0 aliphatic rings. The summed E-state index contributed by atoms with van der Waals surface area (Å²) in [5, 5.41) is 5.16. The summed E-state index contributed by atoms with van der Waals surface area (Å²) in [6, 6.07) is 7.78. The van der Waals surface area contributed by atoms with E-state index in [0.717, 1.165) is 0 Å². The molecule has 0 fully saturated rings. The van der Waals surface area contributed by atoms with Gasteiger partial charge in [0.15, 0.2) is 0 Å². The molecule has 1 aromatic rings. The quantitative estimate of drug-likeness (QED) is 0.478. The highest BCUT2D eigenvalue weighted by atomic mass is 35.5. The van der Waals surface area contributed by atoms with Crippen LogP contribution in [0.25, 0.3) is 0 Å². The molecule has 21 heavy (non-hydrogen) atoms. The van der Waals surface area contributed by atoms with E-state index in [1.807, 2.05) is 0 Å². The third kappa shape index (κ3) is 6.27. The number of benzene rings is 1. The molecule has 4 N–H and O–H groups in total. The van der Waals surface area contributed by atoms with Crippen LogP contribution in [0.2, 0.25) is 0 Å². The number of nitrogens with two attached hydrogens (primary N) is 1. The average molecular weight is 312 g/mol. The van der Waals surface area contributed by atoms with Crippen molar-refractivity contribution in [3.8, 4) is 0 Å². The number of amides is 3. The maximum absolute atomic E-state index is 11.9. The van der Waals surface area contributed by atoms with E-state index in [1.54, 1.807) is 30.3 Å². The lowest BCUT2D eigenvalue weighted by Crippen LogP contribution is -2.44. The topological polar surface area (TPSA) is 101 Å². The summed E-state index contributed by atoms with van der Waals surface area (Å²) in [6.07, 6.45) is 0.849. The van der Waals surface area contributed by atoms with Gasteiger partial charge in [-0.25, -0.2) is 0 Å². The molecule has 0 saturated heterocycles. The first-order chi connectivity index (χ1) is 10.0. The fraction of sp³-hybridized carbons (Fsp3) is 0.357. The number of hydrogen-bond acceptors (Lipinski definition) is 3. The van der Waals surface area contributed by atoms with Crippen LogP contribution in [0.15, 0.2) is 30.3 Å². The standard InChI is InChI=1S/C14H18ClN3O3/c15-9-12(19)17-8-4-7-11(13(16)20)18-14(21)10-5-2-1-3-6-10/h1-3,5-6,11H,4,7-9H2,(H2,16,20)(H,17,19)(H,18,21)/t11-/m0/s1. The van der Waals surface area contributed by atoms with Gasteiger partial charge in [0.2, 0.25) is 11.8 Å². The van der Waals surface area contributed by atoms with Crippen LogP contribution in [0.4, 0.5) is 0 Å². The Morgan fingerprint density at radius 1 is 1.19 bits per heavy atom. The molecule has 1 rings (SSSR count). The van der Waals surface area contributed by atoms with E-state index < -0.39 is 11.9 Å². The molecule has 0 aliphatic carbocycles. The van der Waals surface area contributed by atoms with Crippen molar-refractivity contribution in [1.82, 2.24) is 10.6 Å². The van der Waals surface area contributed by atoms with E-state index in [1.165, 1.54) is 0 Å². The van der Waals surface area contributed by atoms with Crippen molar-refractivity contribution < 1.29 is 14.4 Å². The lowest BCUT2D eigenvalue weighted by Gasteiger charge is -2.15. The lowest BCUT2D eigenvalue weighted by molar-refractivity contribution is -0.120. The molecule has 3 amide bonds. The fourth-order valence-electron chi connectivity index (χ4n) is 1.70. The summed E-state index contributed by atoms with van der Waals surface area (Å²) in [4.78, 5) is 34.2. The zero-order valence-corrected chi connectivity index (χ0v) is 12.2. The Morgan fingerprint density at radius 2 is 1.86 bits per heavy atom. The number of carbonyl (C=O) groups is 3. The second kappa shape index (κ2) is 8.97. The summed E-state index contributed by atoms with van der Waals surface area (Å²) >= 11 is 5.34. The van der Waals surface area contributed by atoms with E-state index in [4.69, 9.17) is 17.3 Å². The normalized spacial score (nSPS) is 11.5. The molecule has 114 valence electrons. The van der Waals surface area contributed by atoms with Gasteiger partial charge in [0.1, 0.15) is 11.9 Å². The second-order valence-electron chi connectivity index (χ2n) is 4.42. The maximum Gasteiger partial charge on any atom is 0.251 e. The number of rotatable bonds is 8. The van der Waals surface area contributed by atoms with Crippen molar-refractivity contribution in [3.63, 3.8) is 0 Å². The van der Waals surface area contributed by atoms with Crippen LogP contribution in [0.5, 0.6) is 0 Å².